The zero-order valence-corrected chi connectivity index (χ0v) is 14.7. The first-order valence-corrected chi connectivity index (χ1v) is 8.51. The lowest BCUT2D eigenvalue weighted by Crippen LogP contribution is -2.40. The molecule has 0 saturated carbocycles. The van der Waals surface area contributed by atoms with Gasteiger partial charge in [0.25, 0.3) is 0 Å². The van der Waals surface area contributed by atoms with E-state index in [0.717, 1.165) is 29.3 Å². The van der Waals surface area contributed by atoms with Crippen molar-refractivity contribution >= 4 is 11.6 Å². The van der Waals surface area contributed by atoms with Crippen LogP contribution < -0.4 is 19.7 Å². The Kier molecular flexibility index (Phi) is 5.43. The van der Waals surface area contributed by atoms with Gasteiger partial charge in [0.15, 0.2) is 11.5 Å². The Balaban J connectivity index is 1.51. The maximum atomic E-state index is 12.4. The van der Waals surface area contributed by atoms with Crippen LogP contribution in [-0.4, -0.2) is 39.8 Å². The molecule has 5 nitrogen and oxygen atoms in total. The molecular weight excluding hydrogens is 316 g/mol. The molecular formula is C20H24N2O3. The smallest absolute Gasteiger partial charge is 0.226 e. The summed E-state index contributed by atoms with van der Waals surface area (Å²) in [6.45, 7) is 1.74. The number of ether oxygens (including phenoxy) is 2. The quantitative estimate of drug-likeness (QED) is 0.878. The molecule has 1 aliphatic rings. The summed E-state index contributed by atoms with van der Waals surface area (Å²) in [6, 6.07) is 15.9. The molecule has 0 spiro atoms. The minimum absolute atomic E-state index is 0.0370. The third-order valence-corrected chi connectivity index (χ3v) is 4.49. The molecule has 1 heterocycles. The number of nitrogens with zero attached hydrogens (tertiary/aromatic N) is 1. The summed E-state index contributed by atoms with van der Waals surface area (Å²) in [5, 5.41) is 3.02. The van der Waals surface area contributed by atoms with E-state index in [2.05, 4.69) is 22.3 Å². The first-order valence-electron chi connectivity index (χ1n) is 8.51. The number of benzene rings is 2. The van der Waals surface area contributed by atoms with Gasteiger partial charge < -0.3 is 19.7 Å². The number of amides is 1. The number of anilines is 1. The lowest BCUT2D eigenvalue weighted by atomic mass is 9.95. The van der Waals surface area contributed by atoms with Crippen LogP contribution in [-0.2, 0) is 11.2 Å². The largest absolute Gasteiger partial charge is 0.493 e. The highest BCUT2D eigenvalue weighted by atomic mass is 16.5. The van der Waals surface area contributed by atoms with Crippen LogP contribution in [0.4, 0.5) is 5.69 Å². The summed E-state index contributed by atoms with van der Waals surface area (Å²) < 4.78 is 11.1. The highest BCUT2D eigenvalue weighted by Crippen LogP contribution is 2.35. The second kappa shape index (κ2) is 7.92. The number of carbonyl (C=O) groups excluding carboxylic acids is 1. The van der Waals surface area contributed by atoms with E-state index in [-0.39, 0.29) is 11.8 Å². The van der Waals surface area contributed by atoms with E-state index in [0.29, 0.717) is 19.6 Å². The number of fused-ring (bicyclic) bond motifs is 1. The number of nitrogens with one attached hydrogen (secondary N) is 1. The molecule has 2 aromatic rings. The molecule has 1 amide bonds. The van der Waals surface area contributed by atoms with Crippen LogP contribution in [0.1, 0.15) is 5.56 Å². The Morgan fingerprint density at radius 3 is 2.80 bits per heavy atom. The van der Waals surface area contributed by atoms with E-state index in [1.54, 1.807) is 7.11 Å². The third kappa shape index (κ3) is 4.05. The normalized spacial score (nSPS) is 15.7. The fraction of sp³-hybridized carbons (Fsp3) is 0.350. The van der Waals surface area contributed by atoms with Gasteiger partial charge in [0.05, 0.1) is 13.0 Å². The monoisotopic (exact) mass is 340 g/mol. The standard InChI is InChI=1S/C20H24N2O3/c1-22(17-8-4-3-5-9-17)12-11-21-20(23)16-13-15-7-6-10-18(24-2)19(15)25-14-16/h3-10,16H,11-14H2,1-2H3,(H,21,23). The molecule has 5 heteroatoms. The fourth-order valence-corrected chi connectivity index (χ4v) is 3.03. The third-order valence-electron chi connectivity index (χ3n) is 4.49. The van der Waals surface area contributed by atoms with Gasteiger partial charge in [0.2, 0.25) is 5.91 Å². The van der Waals surface area contributed by atoms with Gasteiger partial charge in [-0.15, -0.1) is 0 Å². The maximum absolute atomic E-state index is 12.4. The number of hydrogen-bond donors (Lipinski definition) is 1. The number of likely N-dealkylation sites (N-methyl/N-ethyl adjacent to an activating group) is 1. The van der Waals surface area contributed by atoms with Crippen LogP contribution >= 0.6 is 0 Å². The molecule has 1 N–H and O–H groups in total. The molecule has 3 rings (SSSR count). The second-order valence-electron chi connectivity index (χ2n) is 6.21. The van der Waals surface area contributed by atoms with Crippen LogP contribution in [0.5, 0.6) is 11.5 Å². The summed E-state index contributed by atoms with van der Waals surface area (Å²) in [4.78, 5) is 14.6. The van der Waals surface area contributed by atoms with Crippen LogP contribution in [0.2, 0.25) is 0 Å². The summed E-state index contributed by atoms with van der Waals surface area (Å²) >= 11 is 0. The van der Waals surface area contributed by atoms with E-state index < -0.39 is 0 Å². The highest BCUT2D eigenvalue weighted by molar-refractivity contribution is 5.79. The maximum Gasteiger partial charge on any atom is 0.226 e. The van der Waals surface area contributed by atoms with Crippen molar-refractivity contribution in [1.29, 1.82) is 0 Å². The van der Waals surface area contributed by atoms with Crippen LogP contribution in [0.25, 0.3) is 0 Å². The van der Waals surface area contributed by atoms with Gasteiger partial charge in [-0.3, -0.25) is 4.79 Å². The Labute approximate surface area is 148 Å². The number of hydrogen-bond acceptors (Lipinski definition) is 4. The van der Waals surface area contributed by atoms with Gasteiger partial charge in [0.1, 0.15) is 6.61 Å². The van der Waals surface area contributed by atoms with Crippen molar-refractivity contribution in [3.05, 3.63) is 54.1 Å². The molecule has 1 atom stereocenters. The van der Waals surface area contributed by atoms with Gasteiger partial charge in [0, 0.05) is 25.8 Å². The lowest BCUT2D eigenvalue weighted by Gasteiger charge is -2.26. The average molecular weight is 340 g/mol. The molecule has 2 aromatic carbocycles. The van der Waals surface area contributed by atoms with Crippen molar-refractivity contribution in [2.75, 3.05) is 38.8 Å². The minimum Gasteiger partial charge on any atom is -0.493 e. The molecule has 0 saturated heterocycles. The van der Waals surface area contributed by atoms with Crippen LogP contribution in [0.15, 0.2) is 48.5 Å². The van der Waals surface area contributed by atoms with Crippen LogP contribution in [0.3, 0.4) is 0 Å². The van der Waals surface area contributed by atoms with Crippen molar-refractivity contribution in [1.82, 2.24) is 5.32 Å². The summed E-state index contributed by atoms with van der Waals surface area (Å²) in [7, 11) is 3.65. The minimum atomic E-state index is -0.165. The van der Waals surface area contributed by atoms with E-state index in [1.165, 1.54) is 0 Å². The summed E-state index contributed by atoms with van der Waals surface area (Å²) in [6.07, 6.45) is 0.674. The Hall–Kier alpha value is -2.69. The van der Waals surface area contributed by atoms with E-state index in [4.69, 9.17) is 9.47 Å². The molecule has 0 radical (unpaired) electrons. The van der Waals surface area contributed by atoms with Gasteiger partial charge >= 0.3 is 0 Å². The molecule has 0 aliphatic carbocycles. The predicted molar refractivity (Wildman–Crippen MR) is 98.4 cm³/mol. The van der Waals surface area contributed by atoms with Crippen LogP contribution in [0, 0.1) is 5.92 Å². The average Bonchev–Trinajstić information content (AvgIpc) is 2.67. The first kappa shape index (κ1) is 17.1. The van der Waals surface area contributed by atoms with Crippen molar-refractivity contribution in [3.8, 4) is 11.5 Å². The zero-order valence-electron chi connectivity index (χ0n) is 14.7. The van der Waals surface area contributed by atoms with Crippen molar-refractivity contribution < 1.29 is 14.3 Å². The molecule has 132 valence electrons. The molecule has 0 bridgehead atoms. The van der Waals surface area contributed by atoms with E-state index in [9.17, 15) is 4.79 Å². The Bertz CT molecular complexity index is 718. The Morgan fingerprint density at radius 1 is 1.24 bits per heavy atom. The molecule has 0 aromatic heterocycles. The lowest BCUT2D eigenvalue weighted by molar-refractivity contribution is -0.126. The molecule has 1 unspecified atom stereocenters. The highest BCUT2D eigenvalue weighted by Gasteiger charge is 2.27. The van der Waals surface area contributed by atoms with Gasteiger partial charge in [-0.05, 0) is 30.2 Å². The van der Waals surface area contributed by atoms with Gasteiger partial charge in [-0.1, -0.05) is 30.3 Å². The summed E-state index contributed by atoms with van der Waals surface area (Å²) in [5.74, 6) is 1.36. The fourth-order valence-electron chi connectivity index (χ4n) is 3.03. The van der Waals surface area contributed by atoms with Crippen molar-refractivity contribution in [2.45, 2.75) is 6.42 Å². The zero-order chi connectivity index (χ0) is 17.6. The Morgan fingerprint density at radius 2 is 2.04 bits per heavy atom. The second-order valence-corrected chi connectivity index (χ2v) is 6.21. The van der Waals surface area contributed by atoms with Crippen molar-refractivity contribution in [3.63, 3.8) is 0 Å². The molecule has 0 fully saturated rings. The topological polar surface area (TPSA) is 50.8 Å². The van der Waals surface area contributed by atoms with Gasteiger partial charge in [-0.2, -0.15) is 0 Å². The van der Waals surface area contributed by atoms with E-state index >= 15 is 0 Å². The predicted octanol–water partition coefficient (Wildman–Crippen LogP) is 2.50. The number of carbonyl (C=O) groups is 1. The first-order chi connectivity index (χ1) is 12.2. The number of rotatable bonds is 6. The van der Waals surface area contributed by atoms with Crippen molar-refractivity contribution in [2.24, 2.45) is 5.92 Å². The summed E-state index contributed by atoms with van der Waals surface area (Å²) in [5.41, 5.74) is 2.16. The van der Waals surface area contributed by atoms with Gasteiger partial charge in [-0.25, -0.2) is 0 Å². The number of methoxy groups -OCH3 is 1. The molecule has 1 aliphatic heterocycles. The molecule has 25 heavy (non-hydrogen) atoms. The SMILES string of the molecule is COc1cccc2c1OCC(C(=O)NCCN(C)c1ccccc1)C2. The number of para-hydroxylation sites is 2. The van der Waals surface area contributed by atoms with E-state index in [1.807, 2.05) is 43.4 Å².